The van der Waals surface area contributed by atoms with Crippen LogP contribution in [0.2, 0.25) is 0 Å². The van der Waals surface area contributed by atoms with E-state index in [0.717, 1.165) is 31.3 Å². The lowest BCUT2D eigenvalue weighted by molar-refractivity contribution is -0.146. The molecular formula is C27H42N2O4. The van der Waals surface area contributed by atoms with Crippen LogP contribution in [-0.4, -0.2) is 75.6 Å². The Balaban J connectivity index is 1.15. The molecule has 184 valence electrons. The third-order valence-electron chi connectivity index (χ3n) is 7.62. The van der Waals surface area contributed by atoms with Gasteiger partial charge in [-0.2, -0.15) is 0 Å². The second-order valence-electron chi connectivity index (χ2n) is 10.2. The van der Waals surface area contributed by atoms with Crippen molar-refractivity contribution in [1.82, 2.24) is 9.80 Å². The first kappa shape index (κ1) is 24.6. The molecule has 6 nitrogen and oxygen atoms in total. The van der Waals surface area contributed by atoms with Gasteiger partial charge in [-0.15, -0.1) is 0 Å². The number of hydrogen-bond donors (Lipinski definition) is 0. The molecule has 0 aromatic heterocycles. The van der Waals surface area contributed by atoms with Gasteiger partial charge in [-0.3, -0.25) is 9.69 Å². The van der Waals surface area contributed by atoms with Crippen molar-refractivity contribution in [3.05, 3.63) is 35.4 Å². The molecule has 0 radical (unpaired) electrons. The van der Waals surface area contributed by atoms with E-state index in [4.69, 9.17) is 14.2 Å². The number of likely N-dealkylation sites (tertiary alicyclic amines) is 1. The van der Waals surface area contributed by atoms with Crippen LogP contribution < -0.4 is 0 Å². The van der Waals surface area contributed by atoms with E-state index in [-0.39, 0.29) is 12.2 Å². The highest BCUT2D eigenvalue weighted by Gasteiger charge is 2.35. The van der Waals surface area contributed by atoms with E-state index in [1.54, 1.807) is 14.2 Å². The number of nitrogens with zero attached hydrogens (tertiary/aromatic N) is 2. The fraction of sp³-hybridized carbons (Fsp3) is 0.741. The topological polar surface area (TPSA) is 51.2 Å². The lowest BCUT2D eigenvalue weighted by Crippen LogP contribution is -2.40. The number of methoxy groups -OCH3 is 2. The van der Waals surface area contributed by atoms with Crippen LogP contribution in [0.4, 0.5) is 0 Å². The normalized spacial score (nSPS) is 22.8. The molecule has 2 atom stereocenters. The molecule has 0 bridgehead atoms. The molecule has 2 saturated carbocycles. The summed E-state index contributed by atoms with van der Waals surface area (Å²) in [5.41, 5.74) is 2.72. The maximum absolute atomic E-state index is 12.7. The molecule has 1 aromatic rings. The van der Waals surface area contributed by atoms with Crippen molar-refractivity contribution in [3.8, 4) is 0 Å². The van der Waals surface area contributed by atoms with Gasteiger partial charge in [0.25, 0.3) is 0 Å². The van der Waals surface area contributed by atoms with Crippen molar-refractivity contribution < 1.29 is 19.0 Å². The highest BCUT2D eigenvalue weighted by Crippen LogP contribution is 2.38. The predicted octanol–water partition coefficient (Wildman–Crippen LogP) is 3.73. The van der Waals surface area contributed by atoms with E-state index in [0.29, 0.717) is 32.1 Å². The first-order valence-corrected chi connectivity index (χ1v) is 12.9. The molecule has 1 aliphatic heterocycles. The lowest BCUT2D eigenvalue weighted by Gasteiger charge is -2.26. The van der Waals surface area contributed by atoms with Crippen molar-refractivity contribution >= 4 is 5.91 Å². The van der Waals surface area contributed by atoms with Crippen LogP contribution in [-0.2, 0) is 32.0 Å². The van der Waals surface area contributed by atoms with E-state index in [2.05, 4.69) is 29.2 Å². The average Bonchev–Trinajstić information content (AvgIpc) is 3.40. The molecule has 1 unspecified atom stereocenters. The number of benzene rings is 1. The van der Waals surface area contributed by atoms with Gasteiger partial charge in [0.1, 0.15) is 0 Å². The molecule has 1 saturated heterocycles. The Kier molecular flexibility index (Phi) is 9.18. The van der Waals surface area contributed by atoms with Crippen LogP contribution >= 0.6 is 0 Å². The van der Waals surface area contributed by atoms with E-state index in [1.807, 2.05) is 4.90 Å². The van der Waals surface area contributed by atoms with E-state index in [9.17, 15) is 4.79 Å². The Morgan fingerprint density at radius 3 is 2.48 bits per heavy atom. The minimum atomic E-state index is -0.374. The first-order chi connectivity index (χ1) is 16.1. The van der Waals surface area contributed by atoms with Gasteiger partial charge in [0, 0.05) is 40.4 Å². The molecule has 0 N–H and O–H groups in total. The summed E-state index contributed by atoms with van der Waals surface area (Å²) < 4.78 is 16.4. The summed E-state index contributed by atoms with van der Waals surface area (Å²) in [5.74, 6) is 2.65. The summed E-state index contributed by atoms with van der Waals surface area (Å²) in [5, 5.41) is 0. The Hall–Kier alpha value is -1.47. The fourth-order valence-electron chi connectivity index (χ4n) is 5.53. The van der Waals surface area contributed by atoms with Gasteiger partial charge in [-0.25, -0.2) is 0 Å². The highest BCUT2D eigenvalue weighted by atomic mass is 16.7. The standard InChI is InChI=1S/C27H42N2O4/c1-31-27(32-2)20-29(17-22-9-10-22)26(30)12-14-33-13-11-21-5-3-6-23(15-21)16-28-18-24-7-4-8-25(24)19-28/h3,5-6,15,22,24-25,27H,4,7-14,16-20H2,1-2H3/t24-,25?/m1/s1. The van der Waals surface area contributed by atoms with Gasteiger partial charge in [0.05, 0.1) is 26.2 Å². The Bertz CT molecular complexity index is 737. The summed E-state index contributed by atoms with van der Waals surface area (Å²) >= 11 is 0. The van der Waals surface area contributed by atoms with Crippen molar-refractivity contribution in [2.45, 2.75) is 57.8 Å². The predicted molar refractivity (Wildman–Crippen MR) is 129 cm³/mol. The van der Waals surface area contributed by atoms with Crippen LogP contribution in [0.25, 0.3) is 0 Å². The van der Waals surface area contributed by atoms with Gasteiger partial charge in [0.2, 0.25) is 5.91 Å². The van der Waals surface area contributed by atoms with Crippen LogP contribution in [0.5, 0.6) is 0 Å². The monoisotopic (exact) mass is 458 g/mol. The minimum Gasteiger partial charge on any atom is -0.381 e. The van der Waals surface area contributed by atoms with Crippen LogP contribution in [0.1, 0.15) is 49.7 Å². The second-order valence-corrected chi connectivity index (χ2v) is 10.2. The maximum Gasteiger partial charge on any atom is 0.225 e. The van der Waals surface area contributed by atoms with Crippen LogP contribution in [0.15, 0.2) is 24.3 Å². The van der Waals surface area contributed by atoms with Crippen molar-refractivity contribution in [1.29, 1.82) is 0 Å². The Labute approximate surface area is 199 Å². The largest absolute Gasteiger partial charge is 0.381 e. The number of rotatable bonds is 14. The van der Waals surface area contributed by atoms with Gasteiger partial charge in [-0.05, 0) is 61.0 Å². The summed E-state index contributed by atoms with van der Waals surface area (Å²) in [6, 6.07) is 8.93. The molecule has 4 rings (SSSR count). The fourth-order valence-corrected chi connectivity index (χ4v) is 5.53. The molecule has 3 aliphatic rings. The van der Waals surface area contributed by atoms with Crippen LogP contribution in [0.3, 0.4) is 0 Å². The number of hydrogen-bond acceptors (Lipinski definition) is 5. The van der Waals surface area contributed by atoms with Crippen molar-refractivity contribution in [2.75, 3.05) is 53.6 Å². The van der Waals surface area contributed by atoms with E-state index in [1.165, 1.54) is 56.3 Å². The Morgan fingerprint density at radius 1 is 1.06 bits per heavy atom. The molecule has 1 amide bonds. The quantitative estimate of drug-likeness (QED) is 0.314. The van der Waals surface area contributed by atoms with Gasteiger partial charge in [-0.1, -0.05) is 30.7 Å². The number of carbonyl (C=O) groups excluding carboxylic acids is 1. The average molecular weight is 459 g/mol. The number of carbonyl (C=O) groups is 1. The zero-order valence-corrected chi connectivity index (χ0v) is 20.5. The molecule has 33 heavy (non-hydrogen) atoms. The highest BCUT2D eigenvalue weighted by molar-refractivity contribution is 5.76. The molecule has 2 aliphatic carbocycles. The SMILES string of the molecule is COC(CN(CC1CC1)C(=O)CCOCCc1cccc(CN2CC3CCC[C@@H]3C2)c1)OC. The van der Waals surface area contributed by atoms with Crippen molar-refractivity contribution in [3.63, 3.8) is 0 Å². The number of fused-ring (bicyclic) bond motifs is 1. The van der Waals surface area contributed by atoms with Crippen molar-refractivity contribution in [2.24, 2.45) is 17.8 Å². The first-order valence-electron chi connectivity index (χ1n) is 12.9. The van der Waals surface area contributed by atoms with Gasteiger partial charge < -0.3 is 19.1 Å². The zero-order valence-electron chi connectivity index (χ0n) is 20.5. The molecule has 1 heterocycles. The zero-order chi connectivity index (χ0) is 23.0. The summed E-state index contributed by atoms with van der Waals surface area (Å²) in [6.45, 7) is 6.00. The third-order valence-corrected chi connectivity index (χ3v) is 7.62. The number of amides is 1. The second kappa shape index (κ2) is 12.3. The molecule has 1 aromatic carbocycles. The van der Waals surface area contributed by atoms with Gasteiger partial charge >= 0.3 is 0 Å². The number of ether oxygens (including phenoxy) is 3. The molecular weight excluding hydrogens is 416 g/mol. The molecule has 3 fully saturated rings. The van der Waals surface area contributed by atoms with Crippen LogP contribution in [0, 0.1) is 17.8 Å². The minimum absolute atomic E-state index is 0.123. The summed E-state index contributed by atoms with van der Waals surface area (Å²) in [6.07, 6.45) is 7.63. The van der Waals surface area contributed by atoms with E-state index >= 15 is 0 Å². The third kappa shape index (κ3) is 7.51. The Morgan fingerprint density at radius 2 is 1.79 bits per heavy atom. The molecule has 0 spiro atoms. The lowest BCUT2D eigenvalue weighted by atomic mass is 10.0. The summed E-state index contributed by atoms with van der Waals surface area (Å²) in [4.78, 5) is 17.2. The summed E-state index contributed by atoms with van der Waals surface area (Å²) in [7, 11) is 3.23. The van der Waals surface area contributed by atoms with Gasteiger partial charge in [0.15, 0.2) is 6.29 Å². The van der Waals surface area contributed by atoms with E-state index < -0.39 is 0 Å². The maximum atomic E-state index is 12.7. The molecule has 6 heteroatoms. The smallest absolute Gasteiger partial charge is 0.225 e.